The zero-order valence-electron chi connectivity index (χ0n) is 18.1. The molecule has 1 aliphatic carbocycles. The van der Waals surface area contributed by atoms with E-state index in [0.29, 0.717) is 5.16 Å². The van der Waals surface area contributed by atoms with Gasteiger partial charge < -0.3 is 5.32 Å². The minimum Gasteiger partial charge on any atom is -0.349 e. The second-order valence-electron chi connectivity index (χ2n) is 8.02. The molecule has 0 fully saturated rings. The van der Waals surface area contributed by atoms with E-state index in [9.17, 15) is 4.79 Å². The first-order chi connectivity index (χ1) is 16.3. The quantitative estimate of drug-likeness (QED) is 0.392. The maximum atomic E-state index is 12.7. The number of aromatic nitrogens is 3. The molecule has 164 valence electrons. The first kappa shape index (κ1) is 21.3. The monoisotopic (exact) mass is 452 g/mol. The molecule has 1 heterocycles. The van der Waals surface area contributed by atoms with Gasteiger partial charge in [0.1, 0.15) is 11.4 Å². The van der Waals surface area contributed by atoms with Crippen molar-refractivity contribution in [3.8, 4) is 22.5 Å². The van der Waals surface area contributed by atoms with Gasteiger partial charge >= 0.3 is 0 Å². The van der Waals surface area contributed by atoms with Gasteiger partial charge in [-0.3, -0.25) is 4.79 Å². The lowest BCUT2D eigenvalue weighted by Crippen LogP contribution is -2.32. The van der Waals surface area contributed by atoms with E-state index >= 15 is 0 Å². The highest BCUT2D eigenvalue weighted by atomic mass is 32.2. The predicted octanol–water partition coefficient (Wildman–Crippen LogP) is 5.49. The van der Waals surface area contributed by atoms with Crippen LogP contribution in [-0.4, -0.2) is 26.8 Å². The lowest BCUT2D eigenvalue weighted by atomic mass is 9.88. The van der Waals surface area contributed by atoms with E-state index < -0.39 is 0 Å². The summed E-state index contributed by atoms with van der Waals surface area (Å²) in [4.78, 5) is 17.5. The number of nitrogens with zero attached hydrogens (tertiary/aromatic N) is 3. The average Bonchev–Trinajstić information content (AvgIpc) is 2.89. The summed E-state index contributed by atoms with van der Waals surface area (Å²) < 4.78 is 0. The van der Waals surface area contributed by atoms with Crippen LogP contribution in [0.2, 0.25) is 0 Å². The van der Waals surface area contributed by atoms with Crippen LogP contribution in [0.15, 0.2) is 90.1 Å². The number of aryl methyl sites for hydroxylation is 1. The molecule has 6 heteroatoms. The number of thioether (sulfide) groups is 1. The Bertz CT molecular complexity index is 1250. The van der Waals surface area contributed by atoms with Crippen molar-refractivity contribution in [3.63, 3.8) is 0 Å². The Morgan fingerprint density at radius 3 is 2.27 bits per heavy atom. The second-order valence-corrected chi connectivity index (χ2v) is 8.97. The van der Waals surface area contributed by atoms with Crippen LogP contribution in [0, 0.1) is 0 Å². The van der Waals surface area contributed by atoms with Gasteiger partial charge in [-0.25, -0.2) is 4.98 Å². The van der Waals surface area contributed by atoms with E-state index in [1.54, 1.807) is 0 Å². The van der Waals surface area contributed by atoms with Crippen molar-refractivity contribution < 1.29 is 4.79 Å². The molecule has 1 amide bonds. The van der Waals surface area contributed by atoms with Crippen LogP contribution in [0.5, 0.6) is 0 Å². The van der Waals surface area contributed by atoms with Crippen molar-refractivity contribution in [1.82, 2.24) is 20.5 Å². The molecule has 33 heavy (non-hydrogen) atoms. The molecule has 1 N–H and O–H groups in total. The molecule has 1 atom stereocenters. The lowest BCUT2D eigenvalue weighted by Gasteiger charge is -2.26. The summed E-state index contributed by atoms with van der Waals surface area (Å²) in [5, 5.41) is 12.5. The fraction of sp³-hybridized carbons (Fsp3) is 0.185. The van der Waals surface area contributed by atoms with Crippen LogP contribution >= 0.6 is 11.8 Å². The topological polar surface area (TPSA) is 67.8 Å². The fourth-order valence-electron chi connectivity index (χ4n) is 4.23. The summed E-state index contributed by atoms with van der Waals surface area (Å²) in [7, 11) is 0. The first-order valence-corrected chi connectivity index (χ1v) is 12.1. The minimum absolute atomic E-state index is 0.0151. The van der Waals surface area contributed by atoms with Crippen molar-refractivity contribution in [2.24, 2.45) is 0 Å². The van der Waals surface area contributed by atoms with Gasteiger partial charge in [0.25, 0.3) is 0 Å². The first-order valence-electron chi connectivity index (χ1n) is 11.1. The minimum atomic E-state index is -0.0151. The number of carbonyl (C=O) groups excluding carboxylic acids is 1. The molecule has 0 radical (unpaired) electrons. The van der Waals surface area contributed by atoms with Gasteiger partial charge in [-0.2, -0.15) is 0 Å². The molecule has 0 aliphatic heterocycles. The van der Waals surface area contributed by atoms with Crippen LogP contribution in [0.1, 0.15) is 30.0 Å². The molecule has 0 bridgehead atoms. The molecule has 1 aliphatic rings. The molecule has 1 aromatic heterocycles. The number of rotatable bonds is 6. The number of hydrogen-bond acceptors (Lipinski definition) is 5. The number of amides is 1. The number of carbonyl (C=O) groups is 1. The molecule has 0 spiro atoms. The third kappa shape index (κ3) is 4.96. The Kier molecular flexibility index (Phi) is 6.44. The van der Waals surface area contributed by atoms with Gasteiger partial charge in [0.15, 0.2) is 0 Å². The summed E-state index contributed by atoms with van der Waals surface area (Å²) in [6.07, 6.45) is 3.13. The maximum absolute atomic E-state index is 12.7. The zero-order chi connectivity index (χ0) is 22.5. The molecular weight excluding hydrogens is 428 g/mol. The van der Waals surface area contributed by atoms with Crippen molar-refractivity contribution in [2.75, 3.05) is 5.75 Å². The SMILES string of the molecule is O=C(CSc1nnc(-c2ccccc2)c(-c2ccccc2)n1)NC1CCCc2ccccc21. The van der Waals surface area contributed by atoms with Gasteiger partial charge in [0.2, 0.25) is 11.1 Å². The molecular formula is C27H24N4OS. The van der Waals surface area contributed by atoms with Crippen molar-refractivity contribution >= 4 is 17.7 Å². The van der Waals surface area contributed by atoms with Crippen LogP contribution in [0.25, 0.3) is 22.5 Å². The third-order valence-corrected chi connectivity index (χ3v) is 6.64. The van der Waals surface area contributed by atoms with Gasteiger partial charge in [-0.05, 0) is 30.4 Å². The van der Waals surface area contributed by atoms with Gasteiger partial charge in [0, 0.05) is 11.1 Å². The highest BCUT2D eigenvalue weighted by Gasteiger charge is 2.22. The zero-order valence-corrected chi connectivity index (χ0v) is 19.0. The number of benzene rings is 3. The standard InChI is InChI=1S/C27H24N4OS/c32-24(28-23-17-9-15-19-10-7-8-16-22(19)23)18-33-27-29-25(20-11-3-1-4-12-20)26(30-31-27)21-13-5-2-6-14-21/h1-8,10-14,16,23H,9,15,17-18H2,(H,28,32). The number of hydrogen-bond donors (Lipinski definition) is 1. The lowest BCUT2D eigenvalue weighted by molar-refractivity contribution is -0.119. The summed E-state index contributed by atoms with van der Waals surface area (Å²) in [6, 6.07) is 28.3. The Morgan fingerprint density at radius 2 is 1.52 bits per heavy atom. The Balaban J connectivity index is 1.33. The summed E-state index contributed by atoms with van der Waals surface area (Å²) in [6.45, 7) is 0. The summed E-state index contributed by atoms with van der Waals surface area (Å²) >= 11 is 1.31. The van der Waals surface area contributed by atoms with E-state index in [1.165, 1.54) is 22.9 Å². The van der Waals surface area contributed by atoms with Gasteiger partial charge in [-0.1, -0.05) is 96.7 Å². The fourth-order valence-corrected chi connectivity index (χ4v) is 4.83. The highest BCUT2D eigenvalue weighted by molar-refractivity contribution is 7.99. The van der Waals surface area contributed by atoms with E-state index in [0.717, 1.165) is 41.8 Å². The van der Waals surface area contributed by atoms with Crippen LogP contribution in [-0.2, 0) is 11.2 Å². The highest BCUT2D eigenvalue weighted by Crippen LogP contribution is 2.31. The van der Waals surface area contributed by atoms with Crippen LogP contribution < -0.4 is 5.32 Å². The predicted molar refractivity (Wildman–Crippen MR) is 132 cm³/mol. The second kappa shape index (κ2) is 9.96. The Labute approximate surface area is 197 Å². The van der Waals surface area contributed by atoms with E-state index in [2.05, 4.69) is 33.7 Å². The Morgan fingerprint density at radius 1 is 0.848 bits per heavy atom. The molecule has 0 saturated heterocycles. The molecule has 5 rings (SSSR count). The van der Waals surface area contributed by atoms with Crippen molar-refractivity contribution in [3.05, 3.63) is 96.1 Å². The normalized spacial score (nSPS) is 15.0. The molecule has 3 aromatic carbocycles. The molecule has 0 saturated carbocycles. The van der Waals surface area contributed by atoms with E-state index in [-0.39, 0.29) is 17.7 Å². The van der Waals surface area contributed by atoms with Crippen LogP contribution in [0.3, 0.4) is 0 Å². The third-order valence-electron chi connectivity index (χ3n) is 5.80. The van der Waals surface area contributed by atoms with E-state index in [1.807, 2.05) is 66.7 Å². The summed E-state index contributed by atoms with van der Waals surface area (Å²) in [5.41, 5.74) is 5.99. The summed E-state index contributed by atoms with van der Waals surface area (Å²) in [5.74, 6) is 0.234. The average molecular weight is 453 g/mol. The van der Waals surface area contributed by atoms with Crippen LogP contribution in [0.4, 0.5) is 0 Å². The number of fused-ring (bicyclic) bond motifs is 1. The molecule has 1 unspecified atom stereocenters. The number of nitrogens with one attached hydrogen (secondary N) is 1. The Hall–Kier alpha value is -3.51. The van der Waals surface area contributed by atoms with Crippen molar-refractivity contribution in [1.29, 1.82) is 0 Å². The smallest absolute Gasteiger partial charge is 0.230 e. The van der Waals surface area contributed by atoms with E-state index in [4.69, 9.17) is 4.98 Å². The van der Waals surface area contributed by atoms with Crippen molar-refractivity contribution in [2.45, 2.75) is 30.5 Å². The van der Waals surface area contributed by atoms with Gasteiger partial charge in [0.05, 0.1) is 11.8 Å². The molecule has 4 aromatic rings. The largest absolute Gasteiger partial charge is 0.349 e. The maximum Gasteiger partial charge on any atom is 0.230 e. The van der Waals surface area contributed by atoms with Gasteiger partial charge in [-0.15, -0.1) is 10.2 Å². The molecule has 5 nitrogen and oxygen atoms in total.